The lowest BCUT2D eigenvalue weighted by Gasteiger charge is -2.39. The van der Waals surface area contributed by atoms with E-state index in [1.54, 1.807) is 0 Å². The number of hydrogen-bond acceptors (Lipinski definition) is 4. The van der Waals surface area contributed by atoms with Crippen LogP contribution in [0.15, 0.2) is 188 Å². The Kier molecular flexibility index (Phi) is 6.73. The molecule has 0 saturated carbocycles. The van der Waals surface area contributed by atoms with Crippen LogP contribution in [0.5, 0.6) is 11.5 Å². The van der Waals surface area contributed by atoms with Gasteiger partial charge in [0.05, 0.1) is 5.41 Å². The lowest BCUT2D eigenvalue weighted by atomic mass is 9.66. The number of rotatable bonds is 4. The summed E-state index contributed by atoms with van der Waals surface area (Å²) in [5, 5.41) is 2.21. The van der Waals surface area contributed by atoms with E-state index in [2.05, 4.69) is 164 Å². The summed E-state index contributed by atoms with van der Waals surface area (Å²) in [5.74, 6) is 3.62. The minimum Gasteiger partial charge on any atom is -0.457 e. The molecule has 4 heteroatoms. The van der Waals surface area contributed by atoms with Crippen LogP contribution in [0, 0.1) is 0 Å². The topological polar surface area (TPSA) is 47.9 Å². The third-order valence-electron chi connectivity index (χ3n) is 11.0. The summed E-state index contributed by atoms with van der Waals surface area (Å²) >= 11 is 0. The van der Waals surface area contributed by atoms with Gasteiger partial charge >= 0.3 is 0 Å². The highest BCUT2D eigenvalue weighted by molar-refractivity contribution is 6.08. The predicted molar refractivity (Wildman–Crippen MR) is 216 cm³/mol. The first kappa shape index (κ1) is 30.5. The van der Waals surface area contributed by atoms with Crippen LogP contribution in [0.3, 0.4) is 0 Å². The van der Waals surface area contributed by atoms with Gasteiger partial charge < -0.3 is 4.74 Å². The molecular weight excluding hydrogens is 659 g/mol. The number of fused-ring (bicyclic) bond motifs is 10. The number of para-hydroxylation sites is 2. The molecule has 0 fully saturated rings. The van der Waals surface area contributed by atoms with Crippen molar-refractivity contribution in [3.63, 3.8) is 0 Å². The molecule has 0 N–H and O–H groups in total. The van der Waals surface area contributed by atoms with Crippen LogP contribution >= 0.6 is 0 Å². The molecule has 1 aliphatic carbocycles. The maximum Gasteiger partial charge on any atom is 0.165 e. The molecule has 54 heavy (non-hydrogen) atoms. The van der Waals surface area contributed by atoms with Gasteiger partial charge in [0.1, 0.15) is 11.5 Å². The summed E-state index contributed by atoms with van der Waals surface area (Å²) in [5.41, 5.74) is 11.5. The summed E-state index contributed by atoms with van der Waals surface area (Å²) in [7, 11) is 0. The zero-order valence-electron chi connectivity index (χ0n) is 29.1. The first-order chi connectivity index (χ1) is 26.8. The van der Waals surface area contributed by atoms with E-state index >= 15 is 0 Å². The van der Waals surface area contributed by atoms with Crippen LogP contribution in [0.4, 0.5) is 0 Å². The largest absolute Gasteiger partial charge is 0.457 e. The van der Waals surface area contributed by atoms with Crippen molar-refractivity contribution in [2.45, 2.75) is 5.41 Å². The third-order valence-corrected chi connectivity index (χ3v) is 11.0. The highest BCUT2D eigenvalue weighted by Crippen LogP contribution is 2.64. The van der Waals surface area contributed by atoms with Gasteiger partial charge in [-0.3, -0.25) is 0 Å². The highest BCUT2D eigenvalue weighted by atomic mass is 16.5. The third kappa shape index (κ3) is 4.47. The average molecular weight is 690 g/mol. The molecule has 252 valence electrons. The van der Waals surface area contributed by atoms with E-state index in [1.165, 1.54) is 16.7 Å². The SMILES string of the molecule is c1ccc(-c2ccc(-c3nc(-c4ccccc4)nc(-c4c5c(cc6ccccc46)C4(c6ccccc6Oc6ccccc64)c4ccccc4-5)n3)cc2)cc1. The first-order valence-electron chi connectivity index (χ1n) is 18.3. The van der Waals surface area contributed by atoms with Gasteiger partial charge in [-0.2, -0.15) is 0 Å². The van der Waals surface area contributed by atoms with Crippen LogP contribution in [0.25, 0.3) is 67.2 Å². The molecule has 0 bridgehead atoms. The Morgan fingerprint density at radius 1 is 0.352 bits per heavy atom. The molecule has 0 unspecified atom stereocenters. The van der Waals surface area contributed by atoms with Gasteiger partial charge in [0.2, 0.25) is 0 Å². The van der Waals surface area contributed by atoms with Crippen LogP contribution in [0.1, 0.15) is 22.3 Å². The zero-order valence-corrected chi connectivity index (χ0v) is 29.1. The number of nitrogens with zero attached hydrogens (tertiary/aromatic N) is 3. The van der Waals surface area contributed by atoms with Crippen LogP contribution < -0.4 is 4.74 Å². The van der Waals surface area contributed by atoms with E-state index < -0.39 is 5.41 Å². The fourth-order valence-electron chi connectivity index (χ4n) is 8.68. The van der Waals surface area contributed by atoms with E-state index in [0.29, 0.717) is 17.5 Å². The molecule has 0 amide bonds. The maximum atomic E-state index is 6.63. The van der Waals surface area contributed by atoms with E-state index in [0.717, 1.165) is 66.8 Å². The lowest BCUT2D eigenvalue weighted by Crippen LogP contribution is -2.32. The second kappa shape index (κ2) is 11.9. The van der Waals surface area contributed by atoms with Crippen molar-refractivity contribution in [1.29, 1.82) is 0 Å². The number of hydrogen-bond donors (Lipinski definition) is 0. The number of benzene rings is 8. The second-order valence-corrected chi connectivity index (χ2v) is 13.9. The lowest BCUT2D eigenvalue weighted by molar-refractivity contribution is 0.436. The highest BCUT2D eigenvalue weighted by Gasteiger charge is 2.52. The van der Waals surface area contributed by atoms with Crippen molar-refractivity contribution in [2.75, 3.05) is 0 Å². The van der Waals surface area contributed by atoms with Gasteiger partial charge in [-0.05, 0) is 62.4 Å². The Morgan fingerprint density at radius 3 is 1.52 bits per heavy atom. The van der Waals surface area contributed by atoms with E-state index in [1.807, 2.05) is 24.3 Å². The van der Waals surface area contributed by atoms with Crippen LogP contribution in [-0.4, -0.2) is 15.0 Å². The van der Waals surface area contributed by atoms with Crippen molar-refractivity contribution in [3.8, 4) is 67.9 Å². The molecule has 11 rings (SSSR count). The Balaban J connectivity index is 1.23. The minimum absolute atomic E-state index is 0.623. The van der Waals surface area contributed by atoms with Crippen molar-refractivity contribution in [1.82, 2.24) is 15.0 Å². The summed E-state index contributed by atoms with van der Waals surface area (Å²) in [4.78, 5) is 15.8. The van der Waals surface area contributed by atoms with Crippen molar-refractivity contribution in [3.05, 3.63) is 210 Å². The summed E-state index contributed by atoms with van der Waals surface area (Å²) < 4.78 is 6.63. The van der Waals surface area contributed by atoms with E-state index in [4.69, 9.17) is 19.7 Å². The van der Waals surface area contributed by atoms with Gasteiger partial charge in [0.25, 0.3) is 0 Å². The maximum absolute atomic E-state index is 6.63. The standard InChI is InChI=1S/C50H31N3O/c1-3-15-32(16-4-1)33-27-29-35(30-28-33)48-51-47(34-17-5-2-6-18-34)52-49(53-48)46-37-20-8-7-19-36(37)31-42-45(46)38-21-9-10-22-39(38)50(42)40-23-11-13-25-43(40)54-44-26-14-12-24-41(44)50/h1-31H. The van der Waals surface area contributed by atoms with Gasteiger partial charge in [-0.1, -0.05) is 170 Å². The summed E-state index contributed by atoms with van der Waals surface area (Å²) in [6.45, 7) is 0. The summed E-state index contributed by atoms with van der Waals surface area (Å²) in [6.07, 6.45) is 0. The zero-order chi connectivity index (χ0) is 35.6. The molecule has 0 radical (unpaired) electrons. The summed E-state index contributed by atoms with van der Waals surface area (Å²) in [6, 6.07) is 66.0. The van der Waals surface area contributed by atoms with E-state index in [-0.39, 0.29) is 0 Å². The molecule has 9 aromatic rings. The Labute approximate surface area is 313 Å². The number of aromatic nitrogens is 3. The van der Waals surface area contributed by atoms with Gasteiger partial charge in [-0.25, -0.2) is 15.0 Å². The molecule has 1 spiro atoms. The molecule has 0 saturated heterocycles. The average Bonchev–Trinajstić information content (AvgIpc) is 3.53. The van der Waals surface area contributed by atoms with Crippen molar-refractivity contribution in [2.24, 2.45) is 0 Å². The Bertz CT molecular complexity index is 2860. The molecule has 8 aromatic carbocycles. The smallest absolute Gasteiger partial charge is 0.165 e. The molecule has 2 aliphatic rings. The Hall–Kier alpha value is -7.17. The van der Waals surface area contributed by atoms with Crippen molar-refractivity contribution >= 4 is 10.8 Å². The number of ether oxygens (including phenoxy) is 1. The molecule has 0 atom stereocenters. The monoisotopic (exact) mass is 689 g/mol. The van der Waals surface area contributed by atoms with Crippen molar-refractivity contribution < 1.29 is 4.74 Å². The van der Waals surface area contributed by atoms with Gasteiger partial charge in [-0.15, -0.1) is 0 Å². The fourth-order valence-corrected chi connectivity index (χ4v) is 8.68. The molecule has 4 nitrogen and oxygen atoms in total. The van der Waals surface area contributed by atoms with Crippen LogP contribution in [0.2, 0.25) is 0 Å². The first-order valence-corrected chi connectivity index (χ1v) is 18.3. The molecular formula is C50H31N3O. The van der Waals surface area contributed by atoms with Gasteiger partial charge in [0.15, 0.2) is 17.5 Å². The predicted octanol–water partition coefficient (Wildman–Crippen LogP) is 12.2. The van der Waals surface area contributed by atoms with Gasteiger partial charge in [0, 0.05) is 27.8 Å². The van der Waals surface area contributed by atoms with Crippen LogP contribution in [-0.2, 0) is 5.41 Å². The second-order valence-electron chi connectivity index (χ2n) is 13.9. The fraction of sp³-hybridized carbons (Fsp3) is 0.0200. The minimum atomic E-state index is -0.623. The van der Waals surface area contributed by atoms with E-state index in [9.17, 15) is 0 Å². The normalized spacial score (nSPS) is 13.1. The molecule has 2 heterocycles. The Morgan fingerprint density at radius 2 is 0.833 bits per heavy atom. The molecule has 1 aliphatic heterocycles. The quantitative estimate of drug-likeness (QED) is 0.185. The molecule has 1 aromatic heterocycles.